The maximum atomic E-state index is 13.1. The van der Waals surface area contributed by atoms with Crippen LogP contribution in [-0.4, -0.2) is 193 Å². The van der Waals surface area contributed by atoms with E-state index in [1.54, 1.807) is 0 Å². The smallest absolute Gasteiger partial charge is 0.220 e. The zero-order chi connectivity index (χ0) is 47.7. The summed E-state index contributed by atoms with van der Waals surface area (Å²) in [6.45, 7) is 1.69. The highest BCUT2D eigenvalue weighted by Gasteiger charge is 2.53. The van der Waals surface area contributed by atoms with Crippen molar-refractivity contribution in [2.24, 2.45) is 0 Å². The molecule has 0 aliphatic carbocycles. The Hall–Kier alpha value is -1.21. The fourth-order valence-corrected chi connectivity index (χ4v) is 8.72. The summed E-state index contributed by atoms with van der Waals surface area (Å²) in [5, 5.41) is 119. The van der Waals surface area contributed by atoms with Crippen LogP contribution < -0.4 is 5.32 Å². The van der Waals surface area contributed by atoms with E-state index in [2.05, 4.69) is 19.2 Å². The van der Waals surface area contributed by atoms with Crippen LogP contribution in [0.25, 0.3) is 0 Å². The van der Waals surface area contributed by atoms with Crippen LogP contribution in [0.3, 0.4) is 0 Å². The molecule has 17 unspecified atom stereocenters. The first-order valence-corrected chi connectivity index (χ1v) is 24.8. The Morgan fingerprint density at radius 1 is 0.492 bits per heavy atom. The number of rotatable bonds is 34. The van der Waals surface area contributed by atoms with Crippen LogP contribution in [-0.2, 0) is 33.2 Å². The standard InChI is InChI=1S/C46H87NO18/c1-3-5-7-9-11-12-13-14-15-16-18-20-22-24-34(52)47-29(30(51)23-21-19-17-10-8-6-4-2)28-60-44-40(58)37(55)42(32(26-49)62-44)65-46-41(59)38(56)43(33(27-50)63-46)64-45-39(57)36(54)35(53)31(25-48)61-45/h29-33,35-46,48-51,53-59H,3-28H2,1-2H3,(H,47,52). The third-order valence-corrected chi connectivity index (χ3v) is 12.9. The molecule has 3 heterocycles. The van der Waals surface area contributed by atoms with Crippen LogP contribution in [0.1, 0.15) is 155 Å². The van der Waals surface area contributed by atoms with Crippen molar-refractivity contribution in [2.45, 2.75) is 259 Å². The van der Waals surface area contributed by atoms with E-state index in [1.165, 1.54) is 64.2 Å². The predicted molar refractivity (Wildman–Crippen MR) is 236 cm³/mol. The Labute approximate surface area is 385 Å². The number of amides is 1. The number of ether oxygens (including phenoxy) is 6. The topological polar surface area (TPSA) is 307 Å². The van der Waals surface area contributed by atoms with E-state index in [0.29, 0.717) is 12.8 Å². The largest absolute Gasteiger partial charge is 0.394 e. The summed E-state index contributed by atoms with van der Waals surface area (Å²) in [5.41, 5.74) is 0. The van der Waals surface area contributed by atoms with Crippen molar-refractivity contribution in [1.29, 1.82) is 0 Å². The van der Waals surface area contributed by atoms with Gasteiger partial charge in [0.25, 0.3) is 0 Å². The molecule has 3 aliphatic rings. The molecule has 384 valence electrons. The van der Waals surface area contributed by atoms with Crippen molar-refractivity contribution < 1.29 is 89.4 Å². The first-order chi connectivity index (χ1) is 31.3. The van der Waals surface area contributed by atoms with Gasteiger partial charge in [-0.1, -0.05) is 136 Å². The number of aliphatic hydroxyl groups is 11. The molecule has 3 saturated heterocycles. The Morgan fingerprint density at radius 3 is 1.34 bits per heavy atom. The lowest BCUT2D eigenvalue weighted by Crippen LogP contribution is -2.66. The summed E-state index contributed by atoms with van der Waals surface area (Å²) in [6.07, 6.45) is -3.20. The number of unbranched alkanes of at least 4 members (excludes halogenated alkanes) is 18. The summed E-state index contributed by atoms with van der Waals surface area (Å²) >= 11 is 0. The number of aliphatic hydroxyl groups excluding tert-OH is 11. The average Bonchev–Trinajstić information content (AvgIpc) is 3.30. The number of hydrogen-bond donors (Lipinski definition) is 12. The van der Waals surface area contributed by atoms with Crippen LogP contribution in [0, 0.1) is 0 Å². The Kier molecular flexibility index (Phi) is 29.1. The van der Waals surface area contributed by atoms with Gasteiger partial charge in [-0.2, -0.15) is 0 Å². The van der Waals surface area contributed by atoms with Crippen LogP contribution in [0.5, 0.6) is 0 Å². The van der Waals surface area contributed by atoms with Crippen molar-refractivity contribution in [1.82, 2.24) is 5.32 Å². The molecule has 0 spiro atoms. The molecular weight excluding hydrogens is 854 g/mol. The van der Waals surface area contributed by atoms with Gasteiger partial charge in [-0.15, -0.1) is 0 Å². The SMILES string of the molecule is CCCCCCCCCCCCCCCC(=O)NC(COC1OC(CO)C(OC2OC(CO)C(OC3OC(CO)C(O)C(O)C3O)C(O)C2O)C(O)C1O)C(O)CCCCCCCCC. The molecule has 19 heteroatoms. The van der Waals surface area contributed by atoms with Crippen LogP contribution in [0.15, 0.2) is 0 Å². The molecule has 0 bridgehead atoms. The number of carbonyl (C=O) groups excluding carboxylic acids is 1. The molecule has 65 heavy (non-hydrogen) atoms. The predicted octanol–water partition coefficient (Wildman–Crippen LogP) is 0.919. The van der Waals surface area contributed by atoms with Crippen molar-refractivity contribution >= 4 is 5.91 Å². The van der Waals surface area contributed by atoms with Crippen LogP contribution >= 0.6 is 0 Å². The van der Waals surface area contributed by atoms with Gasteiger partial charge >= 0.3 is 0 Å². The second-order valence-corrected chi connectivity index (χ2v) is 18.3. The molecule has 0 radical (unpaired) electrons. The minimum Gasteiger partial charge on any atom is -0.394 e. The number of nitrogens with one attached hydrogen (secondary N) is 1. The van der Waals surface area contributed by atoms with E-state index in [-0.39, 0.29) is 18.9 Å². The third-order valence-electron chi connectivity index (χ3n) is 12.9. The van der Waals surface area contributed by atoms with Crippen molar-refractivity contribution in [3.8, 4) is 0 Å². The zero-order valence-electron chi connectivity index (χ0n) is 39.0. The first-order valence-electron chi connectivity index (χ1n) is 24.8. The molecule has 0 saturated carbocycles. The summed E-state index contributed by atoms with van der Waals surface area (Å²) in [4.78, 5) is 13.1. The van der Waals surface area contributed by atoms with E-state index in [9.17, 15) is 61.0 Å². The number of carbonyl (C=O) groups is 1. The van der Waals surface area contributed by atoms with Gasteiger partial charge in [0, 0.05) is 6.42 Å². The Bertz CT molecular complexity index is 1220. The highest BCUT2D eigenvalue weighted by Crippen LogP contribution is 2.33. The van der Waals surface area contributed by atoms with Gasteiger partial charge in [-0.3, -0.25) is 4.79 Å². The first kappa shape index (κ1) is 58.1. The van der Waals surface area contributed by atoms with Gasteiger partial charge in [0.05, 0.1) is 38.6 Å². The monoisotopic (exact) mass is 942 g/mol. The summed E-state index contributed by atoms with van der Waals surface area (Å²) < 4.78 is 34.0. The Morgan fingerprint density at radius 2 is 0.877 bits per heavy atom. The quantitative estimate of drug-likeness (QED) is 0.0399. The molecule has 12 N–H and O–H groups in total. The van der Waals surface area contributed by atoms with Gasteiger partial charge in [-0.05, 0) is 12.8 Å². The van der Waals surface area contributed by atoms with E-state index < -0.39 is 124 Å². The molecule has 0 aromatic carbocycles. The minimum absolute atomic E-state index is 0.248. The lowest BCUT2D eigenvalue weighted by Gasteiger charge is -2.48. The molecular formula is C46H87NO18. The molecule has 0 aromatic heterocycles. The van der Waals surface area contributed by atoms with Gasteiger partial charge in [0.1, 0.15) is 73.2 Å². The molecule has 0 aromatic rings. The molecule has 3 rings (SSSR count). The van der Waals surface area contributed by atoms with Gasteiger partial charge in [0.15, 0.2) is 18.9 Å². The average molecular weight is 942 g/mol. The third kappa shape index (κ3) is 19.2. The molecule has 19 nitrogen and oxygen atoms in total. The van der Waals surface area contributed by atoms with E-state index in [4.69, 9.17) is 28.4 Å². The van der Waals surface area contributed by atoms with E-state index >= 15 is 0 Å². The normalized spacial score (nSPS) is 34.1. The second kappa shape index (κ2) is 32.6. The molecule has 3 aliphatic heterocycles. The van der Waals surface area contributed by atoms with Crippen molar-refractivity contribution in [2.75, 3.05) is 26.4 Å². The van der Waals surface area contributed by atoms with Gasteiger partial charge < -0.3 is 89.9 Å². The van der Waals surface area contributed by atoms with E-state index in [0.717, 1.165) is 57.8 Å². The molecule has 17 atom stereocenters. The molecule has 3 fully saturated rings. The van der Waals surface area contributed by atoms with Crippen molar-refractivity contribution in [3.63, 3.8) is 0 Å². The van der Waals surface area contributed by atoms with Gasteiger partial charge in [-0.25, -0.2) is 0 Å². The van der Waals surface area contributed by atoms with Crippen LogP contribution in [0.2, 0.25) is 0 Å². The number of hydrogen-bond acceptors (Lipinski definition) is 18. The highest BCUT2D eigenvalue weighted by molar-refractivity contribution is 5.76. The molecule has 1 amide bonds. The zero-order valence-corrected chi connectivity index (χ0v) is 39.0. The fourth-order valence-electron chi connectivity index (χ4n) is 8.72. The summed E-state index contributed by atoms with van der Waals surface area (Å²) in [6, 6.07) is -0.875. The highest BCUT2D eigenvalue weighted by atomic mass is 16.8. The lowest BCUT2D eigenvalue weighted by molar-refractivity contribution is -0.379. The fraction of sp³-hybridized carbons (Fsp3) is 0.978. The minimum atomic E-state index is -1.97. The Balaban J connectivity index is 1.55. The van der Waals surface area contributed by atoms with Gasteiger partial charge in [0.2, 0.25) is 5.91 Å². The van der Waals surface area contributed by atoms with Crippen LogP contribution in [0.4, 0.5) is 0 Å². The maximum Gasteiger partial charge on any atom is 0.220 e. The summed E-state index contributed by atoms with van der Waals surface area (Å²) in [5.74, 6) is -0.248. The van der Waals surface area contributed by atoms with Crippen molar-refractivity contribution in [3.05, 3.63) is 0 Å². The summed E-state index contributed by atoms with van der Waals surface area (Å²) in [7, 11) is 0. The maximum absolute atomic E-state index is 13.1. The lowest BCUT2D eigenvalue weighted by atomic mass is 9.96. The second-order valence-electron chi connectivity index (χ2n) is 18.3. The van der Waals surface area contributed by atoms with E-state index in [1.807, 2.05) is 0 Å².